The molecule has 1 aliphatic rings. The van der Waals surface area contributed by atoms with Crippen LogP contribution < -0.4 is 5.32 Å². The molecule has 1 saturated heterocycles. The number of carbonyl (C=O) groups is 1. The van der Waals surface area contributed by atoms with Crippen molar-refractivity contribution in [3.8, 4) is 0 Å². The van der Waals surface area contributed by atoms with Crippen LogP contribution in [-0.2, 0) is 4.79 Å². The van der Waals surface area contributed by atoms with Gasteiger partial charge in [-0.3, -0.25) is 10.1 Å². The Morgan fingerprint density at radius 1 is 1.29 bits per heavy atom. The first-order chi connectivity index (χ1) is 10.2. The van der Waals surface area contributed by atoms with Gasteiger partial charge in [-0.2, -0.15) is 11.8 Å². The molecule has 4 heteroatoms. The maximum absolute atomic E-state index is 12.7. The van der Waals surface area contributed by atoms with Crippen LogP contribution >= 0.6 is 11.8 Å². The summed E-state index contributed by atoms with van der Waals surface area (Å²) in [6, 6.07) is 10.5. The summed E-state index contributed by atoms with van der Waals surface area (Å²) in [5.74, 6) is 2.50. The summed E-state index contributed by atoms with van der Waals surface area (Å²) >= 11 is 1.94. The van der Waals surface area contributed by atoms with Crippen LogP contribution in [0, 0.1) is 0 Å². The lowest BCUT2D eigenvalue weighted by atomic mass is 10.1. The highest BCUT2D eigenvalue weighted by atomic mass is 32.2. The van der Waals surface area contributed by atoms with Crippen molar-refractivity contribution in [3.05, 3.63) is 35.9 Å². The fraction of sp³-hybridized carbons (Fsp3) is 0.588. The molecule has 3 unspecified atom stereocenters. The number of benzene rings is 1. The molecule has 1 N–H and O–H groups in total. The van der Waals surface area contributed by atoms with Crippen LogP contribution in [0.25, 0.3) is 0 Å². The normalized spacial score (nSPS) is 23.6. The highest BCUT2D eigenvalue weighted by Gasteiger charge is 2.40. The minimum absolute atomic E-state index is 0.0188. The number of hydrogen-bond acceptors (Lipinski definition) is 3. The summed E-state index contributed by atoms with van der Waals surface area (Å²) < 4.78 is 0. The molecule has 0 spiro atoms. The van der Waals surface area contributed by atoms with Crippen LogP contribution in [0.5, 0.6) is 0 Å². The van der Waals surface area contributed by atoms with E-state index in [1.54, 1.807) is 0 Å². The Hall–Kier alpha value is -1.00. The minimum atomic E-state index is -0.0449. The molecule has 0 bridgehead atoms. The summed E-state index contributed by atoms with van der Waals surface area (Å²) in [7, 11) is 0. The molecular weight excluding hydrogens is 280 g/mol. The lowest BCUT2D eigenvalue weighted by Gasteiger charge is -2.30. The van der Waals surface area contributed by atoms with E-state index in [-0.39, 0.29) is 24.2 Å². The molecule has 21 heavy (non-hydrogen) atoms. The molecule has 116 valence electrons. The molecule has 0 saturated carbocycles. The van der Waals surface area contributed by atoms with E-state index in [1.165, 1.54) is 5.56 Å². The first-order valence-corrected chi connectivity index (χ1v) is 9.05. The van der Waals surface area contributed by atoms with Gasteiger partial charge in [0.15, 0.2) is 0 Å². The van der Waals surface area contributed by atoms with Crippen molar-refractivity contribution in [3.63, 3.8) is 0 Å². The number of hydrogen-bond donors (Lipinski definition) is 1. The molecule has 2 rings (SSSR count). The monoisotopic (exact) mass is 306 g/mol. The van der Waals surface area contributed by atoms with Gasteiger partial charge >= 0.3 is 0 Å². The molecular formula is C17H26N2OS. The fourth-order valence-corrected chi connectivity index (χ4v) is 3.64. The Bertz CT molecular complexity index is 451. The molecule has 3 nitrogen and oxygen atoms in total. The van der Waals surface area contributed by atoms with Gasteiger partial charge in [-0.25, -0.2) is 0 Å². The smallest absolute Gasteiger partial charge is 0.241 e. The maximum Gasteiger partial charge on any atom is 0.241 e. The fourth-order valence-electron chi connectivity index (χ4n) is 2.84. The van der Waals surface area contributed by atoms with E-state index in [1.807, 2.05) is 30.0 Å². The SMILES string of the molecule is CCSCCC(C)N1C(=O)C(CC)NC1c1ccccc1. The van der Waals surface area contributed by atoms with Gasteiger partial charge in [-0.1, -0.05) is 44.2 Å². The van der Waals surface area contributed by atoms with Crippen molar-refractivity contribution in [1.82, 2.24) is 10.2 Å². The second-order valence-electron chi connectivity index (χ2n) is 5.52. The van der Waals surface area contributed by atoms with E-state index in [2.05, 4.69) is 43.1 Å². The van der Waals surface area contributed by atoms with E-state index >= 15 is 0 Å². The van der Waals surface area contributed by atoms with Gasteiger partial charge in [0.1, 0.15) is 6.17 Å². The van der Waals surface area contributed by atoms with E-state index < -0.39 is 0 Å². The zero-order chi connectivity index (χ0) is 15.2. The Balaban J connectivity index is 2.15. The molecule has 0 aliphatic carbocycles. The molecule has 1 aliphatic heterocycles. The Morgan fingerprint density at radius 2 is 2.00 bits per heavy atom. The number of carbonyl (C=O) groups excluding carboxylic acids is 1. The predicted molar refractivity (Wildman–Crippen MR) is 90.3 cm³/mol. The standard InChI is InChI=1S/C17H26N2OS/c1-4-15-17(20)19(13(3)11-12-21-5-2)16(18-15)14-9-7-6-8-10-14/h6-10,13,15-16,18H,4-5,11-12H2,1-3H3. The van der Waals surface area contributed by atoms with Crippen LogP contribution in [0.1, 0.15) is 45.3 Å². The Kier molecular flexibility index (Phi) is 6.12. The summed E-state index contributed by atoms with van der Waals surface area (Å²) in [5, 5.41) is 3.50. The average molecular weight is 306 g/mol. The van der Waals surface area contributed by atoms with Gasteiger partial charge in [-0.05, 0) is 36.8 Å². The van der Waals surface area contributed by atoms with Crippen molar-refractivity contribution < 1.29 is 4.79 Å². The van der Waals surface area contributed by atoms with Crippen molar-refractivity contribution in [1.29, 1.82) is 0 Å². The Morgan fingerprint density at radius 3 is 2.62 bits per heavy atom. The number of nitrogens with zero attached hydrogens (tertiary/aromatic N) is 1. The van der Waals surface area contributed by atoms with Crippen LogP contribution in [-0.4, -0.2) is 34.4 Å². The second kappa shape index (κ2) is 7.85. The number of amides is 1. The van der Waals surface area contributed by atoms with Gasteiger partial charge in [-0.15, -0.1) is 0 Å². The van der Waals surface area contributed by atoms with Crippen molar-refractivity contribution in [2.75, 3.05) is 11.5 Å². The summed E-state index contributed by atoms with van der Waals surface area (Å²) in [4.78, 5) is 14.7. The second-order valence-corrected chi connectivity index (χ2v) is 6.91. The lowest BCUT2D eigenvalue weighted by Crippen LogP contribution is -2.38. The number of thioether (sulfide) groups is 1. The van der Waals surface area contributed by atoms with E-state index in [0.717, 1.165) is 24.3 Å². The zero-order valence-electron chi connectivity index (χ0n) is 13.2. The van der Waals surface area contributed by atoms with Crippen LogP contribution in [0.3, 0.4) is 0 Å². The average Bonchev–Trinajstić information content (AvgIpc) is 2.85. The molecule has 0 radical (unpaired) electrons. The minimum Gasteiger partial charge on any atom is -0.319 e. The zero-order valence-corrected chi connectivity index (χ0v) is 14.0. The number of nitrogens with one attached hydrogen (secondary N) is 1. The van der Waals surface area contributed by atoms with Crippen LogP contribution in [0.15, 0.2) is 30.3 Å². The highest BCUT2D eigenvalue weighted by molar-refractivity contribution is 7.99. The predicted octanol–water partition coefficient (Wildman–Crippen LogP) is 3.43. The quantitative estimate of drug-likeness (QED) is 0.783. The van der Waals surface area contributed by atoms with Crippen molar-refractivity contribution >= 4 is 17.7 Å². The van der Waals surface area contributed by atoms with E-state index in [9.17, 15) is 4.79 Å². The molecule has 1 aromatic carbocycles. The molecule has 3 atom stereocenters. The third-order valence-corrected chi connectivity index (χ3v) is 5.00. The maximum atomic E-state index is 12.7. The highest BCUT2D eigenvalue weighted by Crippen LogP contribution is 2.29. The molecule has 1 amide bonds. The molecule has 0 aromatic heterocycles. The first-order valence-electron chi connectivity index (χ1n) is 7.89. The van der Waals surface area contributed by atoms with Crippen LogP contribution in [0.2, 0.25) is 0 Å². The molecule has 1 aromatic rings. The summed E-state index contributed by atoms with van der Waals surface area (Å²) in [6.07, 6.45) is 1.91. The third kappa shape index (κ3) is 3.80. The summed E-state index contributed by atoms with van der Waals surface area (Å²) in [6.45, 7) is 6.42. The van der Waals surface area contributed by atoms with Gasteiger partial charge in [0.2, 0.25) is 5.91 Å². The van der Waals surface area contributed by atoms with Crippen molar-refractivity contribution in [2.45, 2.75) is 51.9 Å². The van der Waals surface area contributed by atoms with Crippen molar-refractivity contribution in [2.24, 2.45) is 0 Å². The van der Waals surface area contributed by atoms with Gasteiger partial charge < -0.3 is 4.90 Å². The Labute approximate surface area is 132 Å². The van der Waals surface area contributed by atoms with Crippen LogP contribution in [0.4, 0.5) is 0 Å². The first kappa shape index (κ1) is 16.4. The summed E-state index contributed by atoms with van der Waals surface area (Å²) in [5.41, 5.74) is 1.18. The third-order valence-electron chi connectivity index (χ3n) is 4.07. The largest absolute Gasteiger partial charge is 0.319 e. The molecule has 1 fully saturated rings. The number of rotatable bonds is 7. The lowest BCUT2D eigenvalue weighted by molar-refractivity contribution is -0.132. The van der Waals surface area contributed by atoms with Gasteiger partial charge in [0.25, 0.3) is 0 Å². The molecule has 1 heterocycles. The topological polar surface area (TPSA) is 32.3 Å². The van der Waals surface area contributed by atoms with E-state index in [0.29, 0.717) is 0 Å². The van der Waals surface area contributed by atoms with Gasteiger partial charge in [0.05, 0.1) is 6.04 Å². The van der Waals surface area contributed by atoms with E-state index in [4.69, 9.17) is 0 Å². The van der Waals surface area contributed by atoms with Gasteiger partial charge in [0, 0.05) is 6.04 Å².